The summed E-state index contributed by atoms with van der Waals surface area (Å²) in [5.74, 6) is 0.976. The first kappa shape index (κ1) is 11.4. The highest BCUT2D eigenvalue weighted by molar-refractivity contribution is 7.34. The van der Waals surface area contributed by atoms with Crippen molar-refractivity contribution >= 4 is 8.25 Å². The van der Waals surface area contributed by atoms with Crippen molar-refractivity contribution in [2.24, 2.45) is 0 Å². The van der Waals surface area contributed by atoms with Crippen molar-refractivity contribution in [1.29, 1.82) is 0 Å². The molecule has 86 valence electrons. The molecule has 0 amide bonds. The second-order valence-corrected chi connectivity index (χ2v) is 4.03. The van der Waals surface area contributed by atoms with Crippen molar-refractivity contribution in [2.45, 2.75) is 0 Å². The topological polar surface area (TPSA) is 55.8 Å². The molecule has 0 saturated carbocycles. The third-order valence-electron chi connectivity index (χ3n) is 1.94. The molecule has 0 radical (unpaired) electrons. The summed E-state index contributed by atoms with van der Waals surface area (Å²) in [6.45, 7) is 0. The Kier molecular flexibility index (Phi) is 3.58. The lowest BCUT2D eigenvalue weighted by Gasteiger charge is -1.94. The van der Waals surface area contributed by atoms with Crippen LogP contribution in [-0.4, -0.2) is 5.11 Å². The molecule has 1 unspecified atom stereocenters. The van der Waals surface area contributed by atoms with Crippen LogP contribution >= 0.6 is 8.25 Å². The van der Waals surface area contributed by atoms with E-state index in [0.717, 1.165) is 0 Å². The van der Waals surface area contributed by atoms with Gasteiger partial charge in [0, 0.05) is 4.57 Å². The third kappa shape index (κ3) is 3.47. The SMILES string of the molecule is O=[P+](Oc1ccccc1)Oc1ccc(O)cc1. The number of hydrogen-bond donors (Lipinski definition) is 1. The maximum atomic E-state index is 11.5. The molecule has 2 aromatic rings. The van der Waals surface area contributed by atoms with Crippen molar-refractivity contribution in [3.8, 4) is 17.2 Å². The highest BCUT2D eigenvalue weighted by Gasteiger charge is 2.23. The van der Waals surface area contributed by atoms with E-state index in [1.165, 1.54) is 24.3 Å². The van der Waals surface area contributed by atoms with Crippen LogP contribution in [0.25, 0.3) is 0 Å². The first-order chi connectivity index (χ1) is 8.24. The fourth-order valence-electron chi connectivity index (χ4n) is 1.18. The van der Waals surface area contributed by atoms with Crippen molar-refractivity contribution < 1.29 is 18.7 Å². The van der Waals surface area contributed by atoms with Gasteiger partial charge < -0.3 is 5.11 Å². The first-order valence-electron chi connectivity index (χ1n) is 4.91. The molecule has 0 spiro atoms. The van der Waals surface area contributed by atoms with Gasteiger partial charge in [0.1, 0.15) is 5.75 Å². The standard InChI is InChI=1S/C12H9O4P/c13-10-6-8-12(9-7-10)16-17(14)15-11-4-2-1-3-5-11/h1-9H/p+1. The van der Waals surface area contributed by atoms with Gasteiger partial charge in [0.25, 0.3) is 0 Å². The summed E-state index contributed by atoms with van der Waals surface area (Å²) in [5.41, 5.74) is 0. The van der Waals surface area contributed by atoms with Gasteiger partial charge in [0.15, 0.2) is 11.5 Å². The zero-order chi connectivity index (χ0) is 12.1. The van der Waals surface area contributed by atoms with E-state index < -0.39 is 8.25 Å². The Labute approximate surface area is 99.4 Å². The highest BCUT2D eigenvalue weighted by Crippen LogP contribution is 2.30. The van der Waals surface area contributed by atoms with E-state index in [1.807, 2.05) is 6.07 Å². The molecule has 0 aliphatic carbocycles. The predicted octanol–water partition coefficient (Wildman–Crippen LogP) is 3.51. The number of benzene rings is 2. The largest absolute Gasteiger partial charge is 0.805 e. The molecule has 0 aromatic heterocycles. The molecule has 5 heteroatoms. The molecular formula is C12H10O4P+. The summed E-state index contributed by atoms with van der Waals surface area (Å²) in [5, 5.41) is 9.07. The van der Waals surface area contributed by atoms with Crippen LogP contribution in [0.1, 0.15) is 0 Å². The molecule has 0 aliphatic rings. The van der Waals surface area contributed by atoms with Gasteiger partial charge in [-0.1, -0.05) is 18.2 Å². The van der Waals surface area contributed by atoms with Crippen molar-refractivity contribution in [3.05, 3.63) is 54.6 Å². The van der Waals surface area contributed by atoms with Gasteiger partial charge in [-0.3, -0.25) is 0 Å². The van der Waals surface area contributed by atoms with Crippen molar-refractivity contribution in [3.63, 3.8) is 0 Å². The van der Waals surface area contributed by atoms with E-state index in [9.17, 15) is 4.57 Å². The summed E-state index contributed by atoms with van der Waals surface area (Å²) in [6, 6.07) is 14.7. The lowest BCUT2D eigenvalue weighted by molar-refractivity contribution is 0.414. The van der Waals surface area contributed by atoms with Crippen LogP contribution in [0.15, 0.2) is 54.6 Å². The zero-order valence-electron chi connectivity index (χ0n) is 8.82. The minimum Gasteiger partial charge on any atom is -0.508 e. The molecule has 0 fully saturated rings. The van der Waals surface area contributed by atoms with Crippen LogP contribution in [0.2, 0.25) is 0 Å². The van der Waals surface area contributed by atoms with E-state index >= 15 is 0 Å². The second-order valence-electron chi connectivity index (χ2n) is 3.21. The predicted molar refractivity (Wildman–Crippen MR) is 63.4 cm³/mol. The van der Waals surface area contributed by atoms with Crippen LogP contribution in [0.4, 0.5) is 0 Å². The average Bonchev–Trinajstić information content (AvgIpc) is 2.33. The van der Waals surface area contributed by atoms with E-state index in [4.69, 9.17) is 14.2 Å². The number of hydrogen-bond acceptors (Lipinski definition) is 4. The molecule has 1 atom stereocenters. The molecule has 0 aliphatic heterocycles. The fourth-order valence-corrected chi connectivity index (χ4v) is 1.80. The Bertz CT molecular complexity index is 496. The number of rotatable bonds is 4. The van der Waals surface area contributed by atoms with E-state index in [2.05, 4.69) is 0 Å². The zero-order valence-corrected chi connectivity index (χ0v) is 9.71. The maximum absolute atomic E-state index is 11.5. The lowest BCUT2D eigenvalue weighted by atomic mass is 10.3. The van der Waals surface area contributed by atoms with Crippen LogP contribution in [0.5, 0.6) is 17.2 Å². The van der Waals surface area contributed by atoms with Gasteiger partial charge in [-0.15, -0.1) is 0 Å². The summed E-state index contributed by atoms with van der Waals surface area (Å²) in [4.78, 5) is 0. The first-order valence-corrected chi connectivity index (χ1v) is 6.01. The quantitative estimate of drug-likeness (QED) is 0.842. The lowest BCUT2D eigenvalue weighted by Crippen LogP contribution is -1.88. The Morgan fingerprint density at radius 2 is 1.35 bits per heavy atom. The van der Waals surface area contributed by atoms with Crippen LogP contribution in [0, 0.1) is 0 Å². The highest BCUT2D eigenvalue weighted by atomic mass is 31.1. The van der Waals surface area contributed by atoms with E-state index in [0.29, 0.717) is 11.5 Å². The Morgan fingerprint density at radius 3 is 1.94 bits per heavy atom. The normalized spacial score (nSPS) is 10.7. The van der Waals surface area contributed by atoms with Gasteiger partial charge in [-0.25, -0.2) is 9.05 Å². The number of para-hydroxylation sites is 1. The molecular weight excluding hydrogens is 239 g/mol. The fraction of sp³-hybridized carbons (Fsp3) is 0. The van der Waals surface area contributed by atoms with Crippen molar-refractivity contribution in [2.75, 3.05) is 0 Å². The minimum atomic E-state index is -2.27. The van der Waals surface area contributed by atoms with Crippen LogP contribution in [0.3, 0.4) is 0 Å². The van der Waals surface area contributed by atoms with Gasteiger partial charge in [-0.05, 0) is 36.4 Å². The molecule has 0 heterocycles. The molecule has 2 aromatic carbocycles. The summed E-state index contributed by atoms with van der Waals surface area (Å²) in [7, 11) is -2.27. The summed E-state index contributed by atoms with van der Waals surface area (Å²) in [6.07, 6.45) is 0. The van der Waals surface area contributed by atoms with Gasteiger partial charge in [0.05, 0.1) is 0 Å². The molecule has 0 bridgehead atoms. The van der Waals surface area contributed by atoms with E-state index in [1.54, 1.807) is 24.3 Å². The Morgan fingerprint density at radius 1 is 0.824 bits per heavy atom. The monoisotopic (exact) mass is 249 g/mol. The average molecular weight is 249 g/mol. The smallest absolute Gasteiger partial charge is 0.508 e. The number of phenols is 1. The summed E-state index contributed by atoms with van der Waals surface area (Å²) < 4.78 is 21.6. The molecule has 17 heavy (non-hydrogen) atoms. The Balaban J connectivity index is 1.96. The molecule has 2 rings (SSSR count). The molecule has 0 saturated heterocycles. The van der Waals surface area contributed by atoms with Gasteiger partial charge >= 0.3 is 8.25 Å². The van der Waals surface area contributed by atoms with Gasteiger partial charge in [-0.2, -0.15) is 0 Å². The number of aromatic hydroxyl groups is 1. The van der Waals surface area contributed by atoms with Gasteiger partial charge in [0.2, 0.25) is 0 Å². The summed E-state index contributed by atoms with van der Waals surface area (Å²) >= 11 is 0. The second kappa shape index (κ2) is 5.32. The van der Waals surface area contributed by atoms with E-state index in [-0.39, 0.29) is 5.75 Å². The Hall–Kier alpha value is -2.06. The van der Waals surface area contributed by atoms with Crippen molar-refractivity contribution in [1.82, 2.24) is 0 Å². The molecule has 1 N–H and O–H groups in total. The maximum Gasteiger partial charge on any atom is 0.805 e. The third-order valence-corrected chi connectivity index (χ3v) is 2.66. The van der Waals surface area contributed by atoms with Crippen LogP contribution < -0.4 is 9.05 Å². The van der Waals surface area contributed by atoms with Crippen LogP contribution in [-0.2, 0) is 4.57 Å². The minimum absolute atomic E-state index is 0.122. The number of phenolic OH excluding ortho intramolecular Hbond substituents is 1. The molecule has 4 nitrogen and oxygen atoms in total.